The predicted octanol–water partition coefficient (Wildman–Crippen LogP) is 4.86. The molecule has 2 aliphatic rings. The van der Waals surface area contributed by atoms with E-state index >= 15 is 0 Å². The van der Waals surface area contributed by atoms with Gasteiger partial charge in [-0.15, -0.1) is 0 Å². The lowest BCUT2D eigenvalue weighted by molar-refractivity contribution is -0.137. The Kier molecular flexibility index (Phi) is 5.50. The summed E-state index contributed by atoms with van der Waals surface area (Å²) in [7, 11) is 0. The summed E-state index contributed by atoms with van der Waals surface area (Å²) >= 11 is 0. The van der Waals surface area contributed by atoms with Crippen molar-refractivity contribution in [3.05, 3.63) is 71.3 Å². The van der Waals surface area contributed by atoms with Crippen molar-refractivity contribution in [3.63, 3.8) is 0 Å². The molecule has 1 aliphatic carbocycles. The van der Waals surface area contributed by atoms with Crippen LogP contribution in [0.1, 0.15) is 40.0 Å². The van der Waals surface area contributed by atoms with Gasteiger partial charge in [0.05, 0.1) is 17.3 Å². The third-order valence-electron chi connectivity index (χ3n) is 6.63. The summed E-state index contributed by atoms with van der Waals surface area (Å²) in [6, 6.07) is 7.64. The highest BCUT2D eigenvalue weighted by Crippen LogP contribution is 2.41. The molecule has 0 N–H and O–H groups in total. The first-order chi connectivity index (χ1) is 16.2. The van der Waals surface area contributed by atoms with E-state index < -0.39 is 11.7 Å². The maximum absolute atomic E-state index is 13.7. The van der Waals surface area contributed by atoms with E-state index in [1.807, 2.05) is 32.0 Å². The molecule has 1 saturated carbocycles. The zero-order chi connectivity index (χ0) is 24.0. The van der Waals surface area contributed by atoms with Gasteiger partial charge >= 0.3 is 6.18 Å². The number of hydrogen-bond donors (Lipinski definition) is 0. The molecule has 1 aliphatic heterocycles. The predicted molar refractivity (Wildman–Crippen MR) is 118 cm³/mol. The number of alkyl halides is 3. The van der Waals surface area contributed by atoms with E-state index in [0.29, 0.717) is 12.2 Å². The molecule has 9 heteroatoms. The maximum Gasteiger partial charge on any atom is 0.417 e. The molecule has 0 radical (unpaired) electrons. The Morgan fingerprint density at radius 3 is 2.53 bits per heavy atom. The molecule has 3 aromatic rings. The zero-order valence-electron chi connectivity index (χ0n) is 18.7. The first-order valence-electron chi connectivity index (χ1n) is 11.1. The van der Waals surface area contributed by atoms with Crippen molar-refractivity contribution in [1.82, 2.24) is 19.9 Å². The monoisotopic (exact) mass is 468 g/mol. The van der Waals surface area contributed by atoms with Crippen LogP contribution in [0.25, 0.3) is 11.3 Å². The zero-order valence-corrected chi connectivity index (χ0v) is 18.7. The van der Waals surface area contributed by atoms with Gasteiger partial charge in [0, 0.05) is 36.8 Å². The Bertz CT molecular complexity index is 1230. The summed E-state index contributed by atoms with van der Waals surface area (Å²) in [6.07, 6.45) is 0.804. The number of aromatic nitrogens is 3. The van der Waals surface area contributed by atoms with Crippen molar-refractivity contribution in [2.75, 3.05) is 6.54 Å². The van der Waals surface area contributed by atoms with Crippen molar-refractivity contribution < 1.29 is 22.7 Å². The third kappa shape index (κ3) is 3.99. The molecule has 3 unspecified atom stereocenters. The normalized spacial score (nSPS) is 21.7. The van der Waals surface area contributed by atoms with Crippen LogP contribution in [0.4, 0.5) is 13.2 Å². The number of hydrogen-bond acceptors (Lipinski definition) is 5. The van der Waals surface area contributed by atoms with Crippen molar-refractivity contribution >= 4 is 5.91 Å². The fourth-order valence-corrected chi connectivity index (χ4v) is 5.00. The fraction of sp³-hybridized carbons (Fsp3) is 0.360. The van der Waals surface area contributed by atoms with Crippen LogP contribution in [0, 0.1) is 19.8 Å². The Hall–Kier alpha value is -3.49. The highest BCUT2D eigenvalue weighted by atomic mass is 19.4. The van der Waals surface area contributed by atoms with Crippen molar-refractivity contribution in [1.29, 1.82) is 0 Å². The van der Waals surface area contributed by atoms with Crippen molar-refractivity contribution in [3.8, 4) is 17.1 Å². The number of amides is 1. The second-order valence-corrected chi connectivity index (χ2v) is 8.92. The number of aryl methyl sites for hydroxylation is 2. The molecule has 0 spiro atoms. The number of carbonyl (C=O) groups is 1. The average Bonchev–Trinajstić information content (AvgIpc) is 3.39. The second kappa shape index (κ2) is 8.38. The number of nitrogens with zero attached hydrogens (tertiary/aromatic N) is 4. The van der Waals surface area contributed by atoms with Crippen molar-refractivity contribution in [2.24, 2.45) is 5.92 Å². The van der Waals surface area contributed by atoms with E-state index in [9.17, 15) is 18.0 Å². The standard InChI is InChI=1S/C25H23F3N4O2/c1-14-7-9-30-23(21(14)22-15(2)4-3-8-29-22)24(33)32-13-16-10-18(32)19(11-16)34-20-6-5-17(12-31-20)25(26,27)28/h3-9,12,16,18-19H,10-11,13H2,1-2H3. The molecule has 1 saturated heterocycles. The number of fused-ring (bicyclic) bond motifs is 2. The van der Waals surface area contributed by atoms with Crippen LogP contribution >= 0.6 is 0 Å². The number of pyridine rings is 3. The Balaban J connectivity index is 1.40. The molecule has 3 aromatic heterocycles. The SMILES string of the molecule is Cc1cccnc1-c1c(C)ccnc1C(=O)N1CC2CC(Oc3ccc(C(F)(F)F)cn3)C1C2. The summed E-state index contributed by atoms with van der Waals surface area (Å²) in [5, 5.41) is 0. The van der Waals surface area contributed by atoms with Gasteiger partial charge < -0.3 is 9.64 Å². The molecule has 34 heavy (non-hydrogen) atoms. The van der Waals surface area contributed by atoms with Crippen LogP contribution in [-0.4, -0.2) is 44.4 Å². The van der Waals surface area contributed by atoms with E-state index in [2.05, 4.69) is 15.0 Å². The number of carbonyl (C=O) groups excluding carboxylic acids is 1. The number of likely N-dealkylation sites (tertiary alicyclic amines) is 1. The fourth-order valence-electron chi connectivity index (χ4n) is 5.00. The number of ether oxygens (including phenoxy) is 1. The Morgan fingerprint density at radius 2 is 1.85 bits per heavy atom. The summed E-state index contributed by atoms with van der Waals surface area (Å²) in [5.74, 6) is 0.194. The molecule has 3 atom stereocenters. The summed E-state index contributed by atoms with van der Waals surface area (Å²) in [6.45, 7) is 4.47. The van der Waals surface area contributed by atoms with Crippen LogP contribution in [0.3, 0.4) is 0 Å². The lowest BCUT2D eigenvalue weighted by atomic mass is 9.99. The van der Waals surface area contributed by atoms with Crippen LogP contribution in [-0.2, 0) is 6.18 Å². The molecule has 0 aromatic carbocycles. The minimum absolute atomic E-state index is 0.122. The highest BCUT2D eigenvalue weighted by Gasteiger charge is 2.49. The van der Waals surface area contributed by atoms with Gasteiger partial charge in [-0.3, -0.25) is 14.8 Å². The van der Waals surface area contributed by atoms with Gasteiger partial charge in [-0.2, -0.15) is 13.2 Å². The molecule has 2 bridgehead atoms. The van der Waals surface area contributed by atoms with Crippen LogP contribution in [0.2, 0.25) is 0 Å². The van der Waals surface area contributed by atoms with Gasteiger partial charge in [-0.1, -0.05) is 6.07 Å². The molecular formula is C25H23F3N4O2. The first kappa shape index (κ1) is 22.3. The molecule has 4 heterocycles. The van der Waals surface area contributed by atoms with E-state index in [4.69, 9.17) is 4.74 Å². The molecular weight excluding hydrogens is 445 g/mol. The van der Waals surface area contributed by atoms with Gasteiger partial charge in [0.15, 0.2) is 0 Å². The third-order valence-corrected chi connectivity index (χ3v) is 6.63. The Morgan fingerprint density at radius 1 is 1.03 bits per heavy atom. The van der Waals surface area contributed by atoms with Crippen LogP contribution < -0.4 is 4.74 Å². The Labute approximate surface area is 194 Å². The molecule has 2 fully saturated rings. The van der Waals surface area contributed by atoms with Crippen LogP contribution in [0.15, 0.2) is 48.9 Å². The summed E-state index contributed by atoms with van der Waals surface area (Å²) in [5.41, 5.74) is 2.82. The molecule has 176 valence electrons. The van der Waals surface area contributed by atoms with Gasteiger partial charge in [0.2, 0.25) is 5.88 Å². The highest BCUT2D eigenvalue weighted by molar-refractivity contribution is 6.00. The van der Waals surface area contributed by atoms with Crippen molar-refractivity contribution in [2.45, 2.75) is 45.0 Å². The number of halogens is 3. The quantitative estimate of drug-likeness (QED) is 0.547. The summed E-state index contributed by atoms with van der Waals surface area (Å²) < 4.78 is 44.4. The minimum atomic E-state index is -4.45. The lowest BCUT2D eigenvalue weighted by Crippen LogP contribution is -2.47. The summed E-state index contributed by atoms with van der Waals surface area (Å²) in [4.78, 5) is 28.2. The van der Waals surface area contributed by atoms with E-state index in [1.54, 1.807) is 17.3 Å². The smallest absolute Gasteiger partial charge is 0.417 e. The van der Waals surface area contributed by atoms with E-state index in [-0.39, 0.29) is 29.9 Å². The largest absolute Gasteiger partial charge is 0.472 e. The van der Waals surface area contributed by atoms with Gasteiger partial charge in [-0.05, 0) is 61.9 Å². The lowest BCUT2D eigenvalue weighted by Gasteiger charge is -2.33. The number of rotatable bonds is 4. The average molecular weight is 468 g/mol. The minimum Gasteiger partial charge on any atom is -0.472 e. The topological polar surface area (TPSA) is 68.2 Å². The molecule has 1 amide bonds. The van der Waals surface area contributed by atoms with Gasteiger partial charge in [-0.25, -0.2) is 4.98 Å². The van der Waals surface area contributed by atoms with Gasteiger partial charge in [0.25, 0.3) is 5.91 Å². The number of piperidine rings is 1. The van der Waals surface area contributed by atoms with Gasteiger partial charge in [0.1, 0.15) is 11.8 Å². The van der Waals surface area contributed by atoms with E-state index in [0.717, 1.165) is 47.5 Å². The van der Waals surface area contributed by atoms with E-state index in [1.165, 1.54) is 6.07 Å². The molecule has 5 rings (SSSR count). The second-order valence-electron chi connectivity index (χ2n) is 8.92. The van der Waals surface area contributed by atoms with Crippen LogP contribution in [0.5, 0.6) is 5.88 Å². The maximum atomic E-state index is 13.7. The first-order valence-corrected chi connectivity index (χ1v) is 11.1. The molecule has 6 nitrogen and oxygen atoms in total.